The maximum Gasteiger partial charge on any atom is 0.221 e. The molecular formula is C6H12BrNO2S. The van der Waals surface area contributed by atoms with Crippen LogP contribution in [0.2, 0.25) is 0 Å². The van der Waals surface area contributed by atoms with Crippen molar-refractivity contribution < 1.29 is 8.42 Å². The molecule has 66 valence electrons. The molecule has 0 bridgehead atoms. The number of rotatable bonds is 4. The van der Waals surface area contributed by atoms with Crippen LogP contribution in [0.5, 0.6) is 0 Å². The summed E-state index contributed by atoms with van der Waals surface area (Å²) >= 11 is 2.91. The average molecular weight is 242 g/mol. The van der Waals surface area contributed by atoms with Crippen LogP contribution in [-0.4, -0.2) is 19.6 Å². The molecule has 1 N–H and O–H groups in total. The van der Waals surface area contributed by atoms with Crippen molar-refractivity contribution in [1.29, 1.82) is 0 Å². The third-order valence-electron chi connectivity index (χ3n) is 1.97. The van der Waals surface area contributed by atoms with Gasteiger partial charge in [0.1, 0.15) is 4.66 Å². The van der Waals surface area contributed by atoms with E-state index >= 15 is 0 Å². The fraction of sp³-hybridized carbons (Fsp3) is 1.00. The summed E-state index contributed by atoms with van der Waals surface area (Å²) in [5.41, 5.74) is 0.245. The van der Waals surface area contributed by atoms with Crippen molar-refractivity contribution in [2.24, 2.45) is 5.41 Å². The van der Waals surface area contributed by atoms with E-state index in [2.05, 4.69) is 27.6 Å². The molecule has 11 heavy (non-hydrogen) atoms. The highest BCUT2D eigenvalue weighted by molar-refractivity contribution is 9.10. The number of hydrogen-bond donors (Lipinski definition) is 1. The van der Waals surface area contributed by atoms with Crippen LogP contribution in [0.3, 0.4) is 0 Å². The third kappa shape index (κ3) is 3.09. The molecule has 0 aromatic carbocycles. The number of hydrogen-bond acceptors (Lipinski definition) is 2. The molecule has 0 aliphatic heterocycles. The van der Waals surface area contributed by atoms with Gasteiger partial charge in [-0.1, -0.05) is 22.9 Å². The van der Waals surface area contributed by atoms with Crippen molar-refractivity contribution >= 4 is 26.0 Å². The van der Waals surface area contributed by atoms with Gasteiger partial charge in [0.2, 0.25) is 10.0 Å². The first-order valence-electron chi connectivity index (χ1n) is 3.51. The molecule has 0 radical (unpaired) electrons. The molecular weight excluding hydrogens is 230 g/mol. The summed E-state index contributed by atoms with van der Waals surface area (Å²) in [4.78, 5) is 0. The highest BCUT2D eigenvalue weighted by atomic mass is 79.9. The van der Waals surface area contributed by atoms with Crippen LogP contribution < -0.4 is 4.72 Å². The van der Waals surface area contributed by atoms with Crippen LogP contribution in [0.4, 0.5) is 0 Å². The molecule has 0 atom stereocenters. The van der Waals surface area contributed by atoms with E-state index in [-0.39, 0.29) is 10.1 Å². The second-order valence-corrected chi connectivity index (χ2v) is 6.47. The highest BCUT2D eigenvalue weighted by Gasteiger charge is 2.37. The van der Waals surface area contributed by atoms with Crippen LogP contribution in [-0.2, 0) is 10.0 Å². The molecule has 0 unspecified atom stereocenters. The van der Waals surface area contributed by atoms with E-state index in [1.54, 1.807) is 0 Å². The predicted molar refractivity (Wildman–Crippen MR) is 48.1 cm³/mol. The summed E-state index contributed by atoms with van der Waals surface area (Å²) in [7, 11) is -3.05. The second kappa shape index (κ2) is 3.03. The van der Waals surface area contributed by atoms with E-state index in [0.717, 1.165) is 12.8 Å². The van der Waals surface area contributed by atoms with E-state index in [4.69, 9.17) is 0 Å². The van der Waals surface area contributed by atoms with E-state index in [1.807, 2.05) is 0 Å². The number of sulfonamides is 1. The molecule has 0 aromatic heterocycles. The van der Waals surface area contributed by atoms with E-state index in [0.29, 0.717) is 6.54 Å². The molecule has 1 aliphatic rings. The van der Waals surface area contributed by atoms with Crippen molar-refractivity contribution in [3.8, 4) is 0 Å². The highest BCUT2D eigenvalue weighted by Crippen LogP contribution is 2.44. The van der Waals surface area contributed by atoms with Crippen LogP contribution in [0.1, 0.15) is 19.8 Å². The Morgan fingerprint density at radius 1 is 1.55 bits per heavy atom. The Balaban J connectivity index is 2.32. The van der Waals surface area contributed by atoms with Crippen molar-refractivity contribution in [2.45, 2.75) is 19.8 Å². The number of nitrogens with one attached hydrogen (secondary N) is 1. The fourth-order valence-corrected chi connectivity index (χ4v) is 1.84. The molecule has 0 amide bonds. The van der Waals surface area contributed by atoms with Crippen molar-refractivity contribution in [3.63, 3.8) is 0 Å². The summed E-state index contributed by atoms with van der Waals surface area (Å²) in [5.74, 6) is 0. The lowest BCUT2D eigenvalue weighted by atomic mass is 10.2. The molecule has 5 heteroatoms. The Kier molecular flexibility index (Phi) is 2.61. The van der Waals surface area contributed by atoms with Crippen molar-refractivity contribution in [2.75, 3.05) is 11.2 Å². The Hall–Kier alpha value is 0.390. The van der Waals surface area contributed by atoms with Crippen LogP contribution in [0.15, 0.2) is 0 Å². The van der Waals surface area contributed by atoms with Gasteiger partial charge >= 0.3 is 0 Å². The van der Waals surface area contributed by atoms with Gasteiger partial charge in [0.25, 0.3) is 0 Å². The molecule has 0 saturated heterocycles. The number of alkyl halides is 1. The molecule has 3 nitrogen and oxygen atoms in total. The average Bonchev–Trinajstić information content (AvgIpc) is 2.66. The monoisotopic (exact) mass is 241 g/mol. The van der Waals surface area contributed by atoms with E-state index in [1.165, 1.54) is 0 Å². The summed E-state index contributed by atoms with van der Waals surface area (Å²) in [5, 5.41) is 0. The van der Waals surface area contributed by atoms with Gasteiger partial charge in [-0.2, -0.15) is 0 Å². The van der Waals surface area contributed by atoms with E-state index in [9.17, 15) is 8.42 Å². The molecule has 0 aromatic rings. The van der Waals surface area contributed by atoms with Gasteiger partial charge in [-0.15, -0.1) is 0 Å². The minimum Gasteiger partial charge on any atom is -0.214 e. The zero-order chi connectivity index (χ0) is 8.54. The van der Waals surface area contributed by atoms with Gasteiger partial charge in [-0.25, -0.2) is 13.1 Å². The first-order valence-corrected chi connectivity index (χ1v) is 6.28. The summed E-state index contributed by atoms with van der Waals surface area (Å²) in [6.45, 7) is 2.67. The quantitative estimate of drug-likeness (QED) is 0.749. The number of halogens is 1. The van der Waals surface area contributed by atoms with Gasteiger partial charge < -0.3 is 0 Å². The minimum atomic E-state index is -3.05. The van der Waals surface area contributed by atoms with Gasteiger partial charge in [-0.3, -0.25) is 0 Å². The molecule has 0 spiro atoms. The standard InChI is InChI=1S/C6H12BrNO2S/c1-6(2-3-6)4-8-11(9,10)5-7/h8H,2-5H2,1H3. The maximum atomic E-state index is 10.9. The lowest BCUT2D eigenvalue weighted by molar-refractivity contribution is 0.533. The molecule has 1 aliphatic carbocycles. The lowest BCUT2D eigenvalue weighted by Crippen LogP contribution is -2.29. The Bertz CT molecular complexity index is 233. The van der Waals surface area contributed by atoms with Crippen LogP contribution in [0.25, 0.3) is 0 Å². The zero-order valence-corrected chi connectivity index (χ0v) is 8.83. The summed E-state index contributed by atoms with van der Waals surface area (Å²) < 4.78 is 24.4. The lowest BCUT2D eigenvalue weighted by Gasteiger charge is -2.08. The largest absolute Gasteiger partial charge is 0.221 e. The van der Waals surface area contributed by atoms with Crippen molar-refractivity contribution in [1.82, 2.24) is 4.72 Å². The maximum absolute atomic E-state index is 10.9. The van der Waals surface area contributed by atoms with Gasteiger partial charge in [0.05, 0.1) is 0 Å². The minimum absolute atomic E-state index is 0.00389. The predicted octanol–water partition coefficient (Wildman–Crippen LogP) is 1.06. The third-order valence-corrected chi connectivity index (χ3v) is 4.65. The summed E-state index contributed by atoms with van der Waals surface area (Å²) in [6.07, 6.45) is 2.27. The Labute approximate surface area is 75.7 Å². The smallest absolute Gasteiger partial charge is 0.214 e. The van der Waals surface area contributed by atoms with Gasteiger partial charge in [-0.05, 0) is 18.3 Å². The van der Waals surface area contributed by atoms with Crippen LogP contribution in [0, 0.1) is 5.41 Å². The molecule has 0 heterocycles. The first-order chi connectivity index (χ1) is 4.97. The normalized spacial score (nSPS) is 21.6. The van der Waals surface area contributed by atoms with Gasteiger partial charge in [0.15, 0.2) is 0 Å². The zero-order valence-electron chi connectivity index (χ0n) is 6.43. The first kappa shape index (κ1) is 9.48. The SMILES string of the molecule is CC1(CNS(=O)(=O)CBr)CC1. The fourth-order valence-electron chi connectivity index (χ4n) is 0.713. The Morgan fingerprint density at radius 2 is 2.09 bits per heavy atom. The van der Waals surface area contributed by atoms with E-state index < -0.39 is 10.0 Å². The second-order valence-electron chi connectivity index (χ2n) is 3.36. The molecule has 1 rings (SSSR count). The molecule has 1 saturated carbocycles. The topological polar surface area (TPSA) is 46.2 Å². The van der Waals surface area contributed by atoms with Gasteiger partial charge in [0, 0.05) is 6.54 Å². The Morgan fingerprint density at radius 3 is 2.45 bits per heavy atom. The van der Waals surface area contributed by atoms with Crippen molar-refractivity contribution in [3.05, 3.63) is 0 Å². The molecule has 1 fully saturated rings. The summed E-state index contributed by atoms with van der Waals surface area (Å²) in [6, 6.07) is 0. The van der Waals surface area contributed by atoms with Crippen LogP contribution >= 0.6 is 15.9 Å².